The summed E-state index contributed by atoms with van der Waals surface area (Å²) in [5.74, 6) is 2.68. The van der Waals surface area contributed by atoms with Gasteiger partial charge in [0.05, 0.1) is 5.69 Å². The predicted molar refractivity (Wildman–Crippen MR) is 52.0 cm³/mol. The molecule has 0 aliphatic carbocycles. The van der Waals surface area contributed by atoms with Gasteiger partial charge in [-0.15, -0.1) is 0 Å². The second-order valence-electron chi connectivity index (χ2n) is 3.00. The van der Waals surface area contributed by atoms with E-state index in [1.807, 2.05) is 18.7 Å². The molecule has 0 bridgehead atoms. The SMILES string of the molecule is Cc1nc(C=O)c2c(n1)CSCC2. The predicted octanol–water partition coefficient (Wildman–Crippen LogP) is 1.39. The van der Waals surface area contributed by atoms with E-state index in [9.17, 15) is 4.79 Å². The lowest BCUT2D eigenvalue weighted by Crippen LogP contribution is -2.11. The van der Waals surface area contributed by atoms with Crippen LogP contribution in [0.4, 0.5) is 0 Å². The van der Waals surface area contributed by atoms with Crippen LogP contribution in [0.1, 0.15) is 27.6 Å². The summed E-state index contributed by atoms with van der Waals surface area (Å²) in [5, 5.41) is 0. The molecule has 2 heterocycles. The second-order valence-corrected chi connectivity index (χ2v) is 4.11. The molecule has 1 aromatic rings. The van der Waals surface area contributed by atoms with Crippen molar-refractivity contribution in [2.24, 2.45) is 0 Å². The molecule has 1 aromatic heterocycles. The number of fused-ring (bicyclic) bond motifs is 1. The van der Waals surface area contributed by atoms with Crippen LogP contribution in [0.25, 0.3) is 0 Å². The van der Waals surface area contributed by atoms with Crippen molar-refractivity contribution >= 4 is 18.0 Å². The molecule has 4 heteroatoms. The molecule has 2 rings (SSSR count). The van der Waals surface area contributed by atoms with E-state index in [1.165, 1.54) is 0 Å². The Labute approximate surface area is 81.0 Å². The average molecular weight is 194 g/mol. The van der Waals surface area contributed by atoms with Crippen LogP contribution in [-0.2, 0) is 12.2 Å². The molecular weight excluding hydrogens is 184 g/mol. The maximum atomic E-state index is 10.7. The number of hydrogen-bond donors (Lipinski definition) is 0. The van der Waals surface area contributed by atoms with Gasteiger partial charge in [0.2, 0.25) is 0 Å². The highest BCUT2D eigenvalue weighted by molar-refractivity contribution is 7.98. The van der Waals surface area contributed by atoms with Crippen molar-refractivity contribution in [1.82, 2.24) is 9.97 Å². The monoisotopic (exact) mass is 194 g/mol. The Morgan fingerprint density at radius 1 is 1.46 bits per heavy atom. The van der Waals surface area contributed by atoms with Crippen molar-refractivity contribution in [1.29, 1.82) is 0 Å². The molecule has 13 heavy (non-hydrogen) atoms. The lowest BCUT2D eigenvalue weighted by atomic mass is 10.1. The Kier molecular flexibility index (Phi) is 2.31. The second kappa shape index (κ2) is 3.46. The van der Waals surface area contributed by atoms with E-state index >= 15 is 0 Å². The molecule has 0 fully saturated rings. The minimum atomic E-state index is 0.586. The van der Waals surface area contributed by atoms with Crippen LogP contribution in [0.2, 0.25) is 0 Å². The van der Waals surface area contributed by atoms with E-state index in [-0.39, 0.29) is 0 Å². The van der Waals surface area contributed by atoms with Crippen LogP contribution in [0, 0.1) is 6.92 Å². The van der Waals surface area contributed by atoms with Gasteiger partial charge >= 0.3 is 0 Å². The van der Waals surface area contributed by atoms with Gasteiger partial charge in [-0.25, -0.2) is 9.97 Å². The first kappa shape index (κ1) is 8.69. The van der Waals surface area contributed by atoms with Crippen LogP contribution in [0.3, 0.4) is 0 Å². The van der Waals surface area contributed by atoms with E-state index in [1.54, 1.807) is 0 Å². The van der Waals surface area contributed by atoms with Gasteiger partial charge < -0.3 is 0 Å². The smallest absolute Gasteiger partial charge is 0.168 e. The maximum absolute atomic E-state index is 10.7. The molecule has 0 saturated carbocycles. The third-order valence-electron chi connectivity index (χ3n) is 2.08. The van der Waals surface area contributed by atoms with Crippen molar-refractivity contribution in [2.75, 3.05) is 5.75 Å². The first-order chi connectivity index (χ1) is 6.31. The summed E-state index contributed by atoms with van der Waals surface area (Å²) >= 11 is 1.86. The van der Waals surface area contributed by atoms with Gasteiger partial charge in [-0.3, -0.25) is 4.79 Å². The van der Waals surface area contributed by atoms with Gasteiger partial charge in [-0.2, -0.15) is 11.8 Å². The minimum Gasteiger partial charge on any atom is -0.296 e. The molecule has 0 aromatic carbocycles. The Morgan fingerprint density at radius 2 is 2.31 bits per heavy atom. The van der Waals surface area contributed by atoms with Crippen molar-refractivity contribution < 1.29 is 4.79 Å². The third kappa shape index (κ3) is 1.58. The highest BCUT2D eigenvalue weighted by Crippen LogP contribution is 2.24. The van der Waals surface area contributed by atoms with Gasteiger partial charge in [0.15, 0.2) is 6.29 Å². The fourth-order valence-electron chi connectivity index (χ4n) is 1.51. The van der Waals surface area contributed by atoms with Crippen LogP contribution in [-0.4, -0.2) is 22.0 Å². The summed E-state index contributed by atoms with van der Waals surface area (Å²) in [7, 11) is 0. The molecule has 3 nitrogen and oxygen atoms in total. The van der Waals surface area contributed by atoms with Crippen molar-refractivity contribution in [3.63, 3.8) is 0 Å². The zero-order chi connectivity index (χ0) is 9.26. The van der Waals surface area contributed by atoms with Crippen LogP contribution in [0.5, 0.6) is 0 Å². The van der Waals surface area contributed by atoms with Gasteiger partial charge in [-0.1, -0.05) is 0 Å². The van der Waals surface area contributed by atoms with Gasteiger partial charge in [0.1, 0.15) is 11.5 Å². The number of rotatable bonds is 1. The number of aromatic nitrogens is 2. The third-order valence-corrected chi connectivity index (χ3v) is 3.05. The molecule has 0 spiro atoms. The largest absolute Gasteiger partial charge is 0.296 e. The van der Waals surface area contributed by atoms with E-state index in [4.69, 9.17) is 0 Å². The standard InChI is InChI=1S/C9H10N2OS/c1-6-10-8(4-12)7-2-3-13-5-9(7)11-6/h4H,2-3,5H2,1H3. The number of aldehydes is 1. The molecular formula is C9H10N2OS. The Balaban J connectivity index is 2.56. The first-order valence-corrected chi connectivity index (χ1v) is 5.36. The highest BCUT2D eigenvalue weighted by atomic mass is 32.2. The van der Waals surface area contributed by atoms with E-state index in [0.29, 0.717) is 11.5 Å². The zero-order valence-corrected chi connectivity index (χ0v) is 8.23. The fourth-order valence-corrected chi connectivity index (χ4v) is 2.43. The van der Waals surface area contributed by atoms with Crippen molar-refractivity contribution in [3.8, 4) is 0 Å². The number of thioether (sulfide) groups is 1. The number of hydrogen-bond acceptors (Lipinski definition) is 4. The molecule has 0 saturated heterocycles. The average Bonchev–Trinajstić information content (AvgIpc) is 2.16. The number of aryl methyl sites for hydroxylation is 1. The number of nitrogens with zero attached hydrogens (tertiary/aromatic N) is 2. The highest BCUT2D eigenvalue weighted by Gasteiger charge is 2.16. The van der Waals surface area contributed by atoms with Crippen LogP contribution < -0.4 is 0 Å². The Hall–Kier alpha value is -0.900. The summed E-state index contributed by atoms with van der Waals surface area (Å²) in [6, 6.07) is 0. The molecule has 1 aliphatic heterocycles. The lowest BCUT2D eigenvalue weighted by Gasteiger charge is -2.15. The van der Waals surface area contributed by atoms with Crippen LogP contribution in [0.15, 0.2) is 0 Å². The molecule has 0 N–H and O–H groups in total. The normalized spacial score (nSPS) is 15.2. The first-order valence-electron chi connectivity index (χ1n) is 4.20. The van der Waals surface area contributed by atoms with Gasteiger partial charge in [0.25, 0.3) is 0 Å². The van der Waals surface area contributed by atoms with Gasteiger partial charge in [-0.05, 0) is 19.1 Å². The Bertz CT molecular complexity index is 352. The minimum absolute atomic E-state index is 0.586. The summed E-state index contributed by atoms with van der Waals surface area (Å²) in [6.07, 6.45) is 1.76. The zero-order valence-electron chi connectivity index (χ0n) is 7.41. The van der Waals surface area contributed by atoms with Gasteiger partial charge in [0, 0.05) is 11.3 Å². The molecule has 0 unspecified atom stereocenters. The topological polar surface area (TPSA) is 42.9 Å². The number of carbonyl (C=O) groups excluding carboxylic acids is 1. The summed E-state index contributed by atoms with van der Waals surface area (Å²) in [5.41, 5.74) is 2.69. The quantitative estimate of drug-likeness (QED) is 0.633. The van der Waals surface area contributed by atoms with E-state index in [0.717, 1.165) is 35.5 Å². The summed E-state index contributed by atoms with van der Waals surface area (Å²) in [4.78, 5) is 19.2. The molecule has 0 radical (unpaired) electrons. The molecule has 0 atom stereocenters. The van der Waals surface area contributed by atoms with E-state index in [2.05, 4.69) is 9.97 Å². The molecule has 68 valence electrons. The van der Waals surface area contributed by atoms with Crippen molar-refractivity contribution in [3.05, 3.63) is 22.8 Å². The number of carbonyl (C=O) groups is 1. The lowest BCUT2D eigenvalue weighted by molar-refractivity contribution is 0.111. The fraction of sp³-hybridized carbons (Fsp3) is 0.444. The van der Waals surface area contributed by atoms with E-state index < -0.39 is 0 Å². The van der Waals surface area contributed by atoms with Crippen LogP contribution >= 0.6 is 11.8 Å². The molecule has 1 aliphatic rings. The summed E-state index contributed by atoms with van der Waals surface area (Å²) in [6.45, 7) is 1.83. The molecule has 0 amide bonds. The summed E-state index contributed by atoms with van der Waals surface area (Å²) < 4.78 is 0. The Morgan fingerprint density at radius 3 is 3.08 bits per heavy atom. The van der Waals surface area contributed by atoms with Crippen molar-refractivity contribution in [2.45, 2.75) is 19.1 Å². The maximum Gasteiger partial charge on any atom is 0.168 e.